The minimum Gasteiger partial charge on any atom is -0.363 e. The smallest absolute Gasteiger partial charge is 0.363 e. The Morgan fingerprint density at radius 2 is 2.00 bits per heavy atom. The lowest BCUT2D eigenvalue weighted by atomic mass is 10.2. The molecule has 0 amide bonds. The number of halogens is 3. The third-order valence-electron chi connectivity index (χ3n) is 1.52. The number of hydrogen-bond acceptors (Lipinski definition) is 2. The molecule has 0 aromatic heterocycles. The van der Waals surface area contributed by atoms with Crippen LogP contribution < -0.4 is 5.32 Å². The molecule has 1 heterocycles. The average Bonchev–Trinajstić information content (AvgIpc) is 1.86. The predicted molar refractivity (Wildman–Crippen MR) is 33.3 cm³/mol. The van der Waals surface area contributed by atoms with Crippen molar-refractivity contribution in [2.24, 2.45) is 0 Å². The molecule has 2 atom stereocenters. The van der Waals surface area contributed by atoms with Crippen LogP contribution in [0.4, 0.5) is 13.2 Å². The van der Waals surface area contributed by atoms with E-state index in [1.54, 1.807) is 6.92 Å². The van der Waals surface area contributed by atoms with Gasteiger partial charge in [0, 0.05) is 13.1 Å². The Hall–Kier alpha value is -0.290. The van der Waals surface area contributed by atoms with Crippen molar-refractivity contribution < 1.29 is 17.9 Å². The van der Waals surface area contributed by atoms with E-state index in [1.807, 2.05) is 0 Å². The van der Waals surface area contributed by atoms with Gasteiger partial charge in [0.15, 0.2) is 6.10 Å². The Balaban J connectivity index is 2.46. The molecule has 0 aliphatic carbocycles. The SMILES string of the molecule is C[C@@H]1CNCC(C(F)(F)F)O1. The Labute approximate surface area is 62.7 Å². The first-order valence-electron chi connectivity index (χ1n) is 3.43. The van der Waals surface area contributed by atoms with Gasteiger partial charge in [0.05, 0.1) is 6.10 Å². The minimum atomic E-state index is -4.23. The van der Waals surface area contributed by atoms with Crippen molar-refractivity contribution in [2.45, 2.75) is 25.3 Å². The molecule has 1 N–H and O–H groups in total. The van der Waals surface area contributed by atoms with Gasteiger partial charge in [-0.2, -0.15) is 13.2 Å². The van der Waals surface area contributed by atoms with Gasteiger partial charge in [-0.3, -0.25) is 0 Å². The Morgan fingerprint density at radius 1 is 1.36 bits per heavy atom. The zero-order valence-electron chi connectivity index (χ0n) is 6.11. The van der Waals surface area contributed by atoms with Crippen molar-refractivity contribution >= 4 is 0 Å². The summed E-state index contributed by atoms with van der Waals surface area (Å²) >= 11 is 0. The second-order valence-corrected chi connectivity index (χ2v) is 2.64. The van der Waals surface area contributed by atoms with Gasteiger partial charge in [0.25, 0.3) is 0 Å². The first kappa shape index (κ1) is 8.80. The maximum Gasteiger partial charge on any atom is 0.415 e. The van der Waals surface area contributed by atoms with E-state index in [0.29, 0.717) is 6.54 Å². The number of alkyl halides is 3. The lowest BCUT2D eigenvalue weighted by Gasteiger charge is -2.29. The summed E-state index contributed by atoms with van der Waals surface area (Å²) in [4.78, 5) is 0. The molecule has 0 radical (unpaired) electrons. The topological polar surface area (TPSA) is 21.3 Å². The fourth-order valence-corrected chi connectivity index (χ4v) is 0.987. The van der Waals surface area contributed by atoms with Gasteiger partial charge < -0.3 is 10.1 Å². The molecule has 2 nitrogen and oxygen atoms in total. The lowest BCUT2D eigenvalue weighted by molar-refractivity contribution is -0.237. The van der Waals surface area contributed by atoms with Gasteiger partial charge in [-0.15, -0.1) is 0 Å². The summed E-state index contributed by atoms with van der Waals surface area (Å²) < 4.78 is 40.5. The zero-order chi connectivity index (χ0) is 8.48. The zero-order valence-corrected chi connectivity index (χ0v) is 6.11. The number of hydrogen-bond donors (Lipinski definition) is 1. The molecule has 1 aliphatic rings. The fourth-order valence-electron chi connectivity index (χ4n) is 0.987. The third kappa shape index (κ3) is 2.34. The molecule has 0 aromatic carbocycles. The van der Waals surface area contributed by atoms with E-state index >= 15 is 0 Å². The second-order valence-electron chi connectivity index (χ2n) is 2.64. The molecular weight excluding hydrogens is 159 g/mol. The lowest BCUT2D eigenvalue weighted by Crippen LogP contribution is -2.50. The molecule has 0 bridgehead atoms. The maximum absolute atomic E-state index is 11.9. The van der Waals surface area contributed by atoms with Crippen LogP contribution in [0.1, 0.15) is 6.92 Å². The molecule has 5 heteroatoms. The van der Waals surface area contributed by atoms with Crippen molar-refractivity contribution in [3.8, 4) is 0 Å². The molecule has 66 valence electrons. The van der Waals surface area contributed by atoms with E-state index in [9.17, 15) is 13.2 Å². The summed E-state index contributed by atoms with van der Waals surface area (Å²) in [5, 5.41) is 2.65. The highest BCUT2D eigenvalue weighted by Gasteiger charge is 2.42. The molecule has 0 saturated carbocycles. The van der Waals surface area contributed by atoms with Crippen LogP contribution in [0.25, 0.3) is 0 Å². The van der Waals surface area contributed by atoms with Gasteiger partial charge in [0.2, 0.25) is 0 Å². The van der Waals surface area contributed by atoms with Crippen LogP contribution in [0.5, 0.6) is 0 Å². The average molecular weight is 169 g/mol. The quantitative estimate of drug-likeness (QED) is 0.582. The van der Waals surface area contributed by atoms with Crippen molar-refractivity contribution in [3.05, 3.63) is 0 Å². The highest BCUT2D eigenvalue weighted by atomic mass is 19.4. The van der Waals surface area contributed by atoms with E-state index < -0.39 is 12.3 Å². The summed E-state index contributed by atoms with van der Waals surface area (Å²) in [6, 6.07) is 0. The molecule has 0 spiro atoms. The molecule has 1 aliphatic heterocycles. The molecule has 0 aromatic rings. The Kier molecular flexibility index (Phi) is 2.39. The van der Waals surface area contributed by atoms with Gasteiger partial charge >= 0.3 is 6.18 Å². The molecule has 1 rings (SSSR count). The fraction of sp³-hybridized carbons (Fsp3) is 1.00. The Bertz CT molecular complexity index is 136. The van der Waals surface area contributed by atoms with Crippen molar-refractivity contribution in [3.63, 3.8) is 0 Å². The Morgan fingerprint density at radius 3 is 2.36 bits per heavy atom. The summed E-state index contributed by atoms with van der Waals surface area (Å²) in [5.74, 6) is 0. The summed E-state index contributed by atoms with van der Waals surface area (Å²) in [6.45, 7) is 1.98. The molecular formula is C6H10F3NO. The van der Waals surface area contributed by atoms with Crippen LogP contribution in [0.15, 0.2) is 0 Å². The summed E-state index contributed by atoms with van der Waals surface area (Å²) in [6.07, 6.45) is -6.22. The number of morpholine rings is 1. The molecule has 1 unspecified atom stereocenters. The maximum atomic E-state index is 11.9. The van der Waals surface area contributed by atoms with Crippen LogP contribution in [0.2, 0.25) is 0 Å². The highest BCUT2D eigenvalue weighted by Crippen LogP contribution is 2.24. The largest absolute Gasteiger partial charge is 0.415 e. The normalized spacial score (nSPS) is 33.8. The van der Waals surface area contributed by atoms with Crippen molar-refractivity contribution in [1.29, 1.82) is 0 Å². The minimum absolute atomic E-state index is 0.131. The predicted octanol–water partition coefficient (Wildman–Crippen LogP) is 0.926. The van der Waals surface area contributed by atoms with Gasteiger partial charge in [-0.25, -0.2) is 0 Å². The van der Waals surface area contributed by atoms with Gasteiger partial charge in [0.1, 0.15) is 0 Å². The first-order chi connectivity index (χ1) is 5.00. The first-order valence-corrected chi connectivity index (χ1v) is 3.43. The van der Waals surface area contributed by atoms with Crippen molar-refractivity contribution in [1.82, 2.24) is 5.32 Å². The van der Waals surface area contributed by atoms with Crippen LogP contribution in [-0.4, -0.2) is 31.5 Å². The van der Waals surface area contributed by atoms with Crippen LogP contribution in [0, 0.1) is 0 Å². The molecule has 11 heavy (non-hydrogen) atoms. The number of rotatable bonds is 0. The van der Waals surface area contributed by atoms with Gasteiger partial charge in [-0.1, -0.05) is 0 Å². The summed E-state index contributed by atoms with van der Waals surface area (Å²) in [5.41, 5.74) is 0. The van der Waals surface area contributed by atoms with Crippen LogP contribution in [-0.2, 0) is 4.74 Å². The second kappa shape index (κ2) is 2.98. The van der Waals surface area contributed by atoms with E-state index in [0.717, 1.165) is 0 Å². The molecule has 1 fully saturated rings. The van der Waals surface area contributed by atoms with Crippen LogP contribution >= 0.6 is 0 Å². The highest BCUT2D eigenvalue weighted by molar-refractivity contribution is 4.77. The van der Waals surface area contributed by atoms with Gasteiger partial charge in [-0.05, 0) is 6.92 Å². The number of nitrogens with one attached hydrogen (secondary N) is 1. The van der Waals surface area contributed by atoms with Crippen molar-refractivity contribution in [2.75, 3.05) is 13.1 Å². The standard InChI is InChI=1S/C6H10F3NO/c1-4-2-10-3-5(11-4)6(7,8)9/h4-5,10H,2-3H2,1H3/t4-,5?/m1/s1. The molecule has 1 saturated heterocycles. The van der Waals surface area contributed by atoms with Crippen LogP contribution in [0.3, 0.4) is 0 Å². The van der Waals surface area contributed by atoms with E-state index in [1.165, 1.54) is 0 Å². The van der Waals surface area contributed by atoms with E-state index in [-0.39, 0.29) is 12.6 Å². The third-order valence-corrected chi connectivity index (χ3v) is 1.52. The van der Waals surface area contributed by atoms with E-state index in [2.05, 4.69) is 10.1 Å². The monoisotopic (exact) mass is 169 g/mol. The van der Waals surface area contributed by atoms with E-state index in [4.69, 9.17) is 0 Å². The summed E-state index contributed by atoms with van der Waals surface area (Å²) in [7, 11) is 0. The number of ether oxygens (including phenoxy) is 1.